The molecule has 2 amide bonds. The van der Waals surface area contributed by atoms with Crippen molar-refractivity contribution in [1.82, 2.24) is 15.6 Å². The summed E-state index contributed by atoms with van der Waals surface area (Å²) in [6.07, 6.45) is 7.24. The lowest BCUT2D eigenvalue weighted by atomic mass is 10.2. The zero-order chi connectivity index (χ0) is 14.3. The Balaban J connectivity index is 2.53. The summed E-state index contributed by atoms with van der Waals surface area (Å²) in [6.45, 7) is 2.00. The Morgan fingerprint density at radius 3 is 2.89 bits per heavy atom. The van der Waals surface area contributed by atoms with E-state index in [1.165, 1.54) is 18.3 Å². The van der Waals surface area contributed by atoms with Crippen molar-refractivity contribution in [3.8, 4) is 12.3 Å². The zero-order valence-corrected chi connectivity index (χ0v) is 10.5. The average molecular weight is 261 g/mol. The van der Waals surface area contributed by atoms with Crippen molar-refractivity contribution in [2.75, 3.05) is 0 Å². The van der Waals surface area contributed by atoms with Gasteiger partial charge in [-0.25, -0.2) is 9.59 Å². The fourth-order valence-electron chi connectivity index (χ4n) is 1.35. The maximum Gasteiger partial charge on any atom is 0.335 e. The number of pyridine rings is 1. The van der Waals surface area contributed by atoms with E-state index in [-0.39, 0.29) is 18.2 Å². The van der Waals surface area contributed by atoms with Gasteiger partial charge >= 0.3 is 12.0 Å². The Labute approximate surface area is 111 Å². The maximum absolute atomic E-state index is 11.5. The first-order valence-corrected chi connectivity index (χ1v) is 5.75. The van der Waals surface area contributed by atoms with E-state index in [0.717, 1.165) is 0 Å². The number of nitrogens with one attached hydrogen (secondary N) is 2. The fourth-order valence-corrected chi connectivity index (χ4v) is 1.35. The van der Waals surface area contributed by atoms with Gasteiger partial charge in [0.25, 0.3) is 0 Å². The number of aromatic nitrogens is 1. The van der Waals surface area contributed by atoms with Crippen LogP contribution in [0.2, 0.25) is 0 Å². The first-order chi connectivity index (χ1) is 9.06. The Morgan fingerprint density at radius 2 is 2.32 bits per heavy atom. The number of carboxylic acids is 1. The van der Waals surface area contributed by atoms with Gasteiger partial charge < -0.3 is 15.7 Å². The number of aromatic carboxylic acids is 1. The third-order valence-electron chi connectivity index (χ3n) is 2.41. The Hall–Kier alpha value is -2.55. The van der Waals surface area contributed by atoms with Crippen molar-refractivity contribution in [1.29, 1.82) is 0 Å². The number of urea groups is 1. The molecular formula is C13H15N3O3. The van der Waals surface area contributed by atoms with Crippen molar-refractivity contribution in [2.24, 2.45) is 0 Å². The molecule has 1 atom stereocenters. The second-order valence-corrected chi connectivity index (χ2v) is 3.80. The van der Waals surface area contributed by atoms with Gasteiger partial charge in [-0.1, -0.05) is 12.8 Å². The highest BCUT2D eigenvalue weighted by atomic mass is 16.4. The highest BCUT2D eigenvalue weighted by molar-refractivity contribution is 5.87. The molecule has 3 N–H and O–H groups in total. The normalized spacial score (nSPS) is 11.2. The van der Waals surface area contributed by atoms with Crippen LogP contribution < -0.4 is 10.6 Å². The van der Waals surface area contributed by atoms with Crippen LogP contribution in [0.5, 0.6) is 0 Å². The number of nitrogens with zero attached hydrogens (tertiary/aromatic N) is 1. The highest BCUT2D eigenvalue weighted by Crippen LogP contribution is 2.01. The molecular weight excluding hydrogens is 246 g/mol. The van der Waals surface area contributed by atoms with Crippen LogP contribution >= 0.6 is 0 Å². The number of amides is 2. The third kappa shape index (κ3) is 4.68. The van der Waals surface area contributed by atoms with E-state index in [4.69, 9.17) is 11.5 Å². The van der Waals surface area contributed by atoms with Crippen LogP contribution in [0.25, 0.3) is 0 Å². The number of hydrogen-bond acceptors (Lipinski definition) is 3. The number of hydrogen-bond donors (Lipinski definition) is 3. The summed E-state index contributed by atoms with van der Waals surface area (Å²) in [5.41, 5.74) is 0.589. The monoisotopic (exact) mass is 261 g/mol. The molecule has 1 rings (SSSR count). The third-order valence-corrected chi connectivity index (χ3v) is 2.41. The second kappa shape index (κ2) is 7.01. The van der Waals surface area contributed by atoms with Crippen LogP contribution in [0.15, 0.2) is 18.3 Å². The van der Waals surface area contributed by atoms with E-state index in [9.17, 15) is 9.59 Å². The quantitative estimate of drug-likeness (QED) is 0.689. The van der Waals surface area contributed by atoms with Crippen molar-refractivity contribution >= 4 is 12.0 Å². The smallest absolute Gasteiger partial charge is 0.335 e. The molecule has 0 radical (unpaired) electrons. The van der Waals surface area contributed by atoms with Gasteiger partial charge in [0, 0.05) is 6.20 Å². The number of carbonyl (C=O) groups excluding carboxylic acids is 1. The Morgan fingerprint density at radius 1 is 1.58 bits per heavy atom. The molecule has 1 unspecified atom stereocenters. The largest absolute Gasteiger partial charge is 0.478 e. The molecule has 0 aromatic carbocycles. The first kappa shape index (κ1) is 14.5. The van der Waals surface area contributed by atoms with Gasteiger partial charge in [0.2, 0.25) is 0 Å². The van der Waals surface area contributed by atoms with Gasteiger partial charge in [-0.3, -0.25) is 4.98 Å². The minimum Gasteiger partial charge on any atom is -0.478 e. The molecule has 0 saturated carbocycles. The molecule has 19 heavy (non-hydrogen) atoms. The Kier molecular flexibility index (Phi) is 5.35. The minimum absolute atomic E-state index is 0.127. The molecule has 1 aromatic rings. The summed E-state index contributed by atoms with van der Waals surface area (Å²) >= 11 is 0. The molecule has 6 heteroatoms. The molecule has 6 nitrogen and oxygen atoms in total. The van der Waals surface area contributed by atoms with E-state index in [0.29, 0.717) is 12.1 Å². The van der Waals surface area contributed by atoms with Crippen LogP contribution in [0.1, 0.15) is 29.4 Å². The van der Waals surface area contributed by atoms with Crippen molar-refractivity contribution in [2.45, 2.75) is 25.9 Å². The second-order valence-electron chi connectivity index (χ2n) is 3.80. The van der Waals surface area contributed by atoms with Gasteiger partial charge in [-0.15, -0.1) is 6.42 Å². The topological polar surface area (TPSA) is 91.3 Å². The highest BCUT2D eigenvalue weighted by Gasteiger charge is 2.08. The summed E-state index contributed by atoms with van der Waals surface area (Å²) < 4.78 is 0. The SMILES string of the molecule is C#CC(CC)NC(=O)NCc1cc(C(=O)O)ccn1. The van der Waals surface area contributed by atoms with Crippen LogP contribution in [0, 0.1) is 12.3 Å². The number of carboxylic acid groups (broad SMARTS) is 1. The molecule has 0 spiro atoms. The number of rotatable bonds is 5. The molecule has 0 fully saturated rings. The van der Waals surface area contributed by atoms with Crippen molar-refractivity contribution < 1.29 is 14.7 Å². The molecule has 0 aliphatic rings. The Bertz CT molecular complexity index is 508. The summed E-state index contributed by atoms with van der Waals surface area (Å²) in [5, 5.41) is 14.0. The number of carbonyl (C=O) groups is 2. The van der Waals surface area contributed by atoms with Crippen molar-refractivity contribution in [3.05, 3.63) is 29.6 Å². The fraction of sp³-hybridized carbons (Fsp3) is 0.308. The lowest BCUT2D eigenvalue weighted by molar-refractivity contribution is 0.0696. The van der Waals surface area contributed by atoms with Crippen LogP contribution in [0.4, 0.5) is 4.79 Å². The molecule has 100 valence electrons. The van der Waals surface area contributed by atoms with Crippen LogP contribution in [-0.2, 0) is 6.54 Å². The summed E-state index contributed by atoms with van der Waals surface area (Å²) in [6, 6.07) is 2.06. The van der Waals surface area contributed by atoms with Crippen LogP contribution in [-0.4, -0.2) is 28.1 Å². The van der Waals surface area contributed by atoms with E-state index in [2.05, 4.69) is 21.5 Å². The lowest BCUT2D eigenvalue weighted by Gasteiger charge is -2.11. The maximum atomic E-state index is 11.5. The van der Waals surface area contributed by atoms with Gasteiger partial charge in [0.15, 0.2) is 0 Å². The van der Waals surface area contributed by atoms with Crippen LogP contribution in [0.3, 0.4) is 0 Å². The van der Waals surface area contributed by atoms with Gasteiger partial charge in [-0.05, 0) is 18.6 Å². The van der Waals surface area contributed by atoms with Crippen molar-refractivity contribution in [3.63, 3.8) is 0 Å². The van der Waals surface area contributed by atoms with Gasteiger partial charge in [0.1, 0.15) is 0 Å². The lowest BCUT2D eigenvalue weighted by Crippen LogP contribution is -2.40. The van der Waals surface area contributed by atoms with E-state index < -0.39 is 12.0 Å². The van der Waals surface area contributed by atoms with Gasteiger partial charge in [0.05, 0.1) is 23.8 Å². The van der Waals surface area contributed by atoms with E-state index in [1.807, 2.05) is 6.92 Å². The average Bonchev–Trinajstić information content (AvgIpc) is 2.42. The molecule has 0 aliphatic heterocycles. The molecule has 0 aliphatic carbocycles. The molecule has 1 heterocycles. The first-order valence-electron chi connectivity index (χ1n) is 5.75. The van der Waals surface area contributed by atoms with E-state index in [1.54, 1.807) is 0 Å². The van der Waals surface area contributed by atoms with Gasteiger partial charge in [-0.2, -0.15) is 0 Å². The minimum atomic E-state index is -1.04. The zero-order valence-electron chi connectivity index (χ0n) is 10.5. The molecule has 0 bridgehead atoms. The predicted octanol–water partition coefficient (Wildman–Crippen LogP) is 0.991. The molecule has 1 aromatic heterocycles. The number of terminal acetylenes is 1. The summed E-state index contributed by atoms with van der Waals surface area (Å²) in [4.78, 5) is 26.2. The predicted molar refractivity (Wildman–Crippen MR) is 69.5 cm³/mol. The summed E-state index contributed by atoms with van der Waals surface area (Å²) in [5.74, 6) is 1.40. The standard InChI is InChI=1S/C13H15N3O3/c1-3-10(4-2)16-13(19)15-8-11-7-9(12(17)18)5-6-14-11/h1,5-7,10H,4,8H2,2H3,(H,17,18)(H2,15,16,19). The van der Waals surface area contributed by atoms with E-state index >= 15 is 0 Å². The summed E-state index contributed by atoms with van der Waals surface area (Å²) in [7, 11) is 0. The molecule has 0 saturated heterocycles.